The van der Waals surface area contributed by atoms with E-state index in [0.717, 1.165) is 23.8 Å². The Labute approximate surface area is 161 Å². The van der Waals surface area contributed by atoms with Gasteiger partial charge in [-0.3, -0.25) is 9.59 Å². The Kier molecular flexibility index (Phi) is 5.48. The highest BCUT2D eigenvalue weighted by Gasteiger charge is 2.35. The summed E-state index contributed by atoms with van der Waals surface area (Å²) >= 11 is 0. The quantitative estimate of drug-likeness (QED) is 0.851. The molecule has 0 aliphatic carbocycles. The number of nitrogens with one attached hydrogen (secondary N) is 1. The summed E-state index contributed by atoms with van der Waals surface area (Å²) in [4.78, 5) is 26.2. The number of carbonyl (C=O) groups excluding carboxylic acids is 2. The second kappa shape index (κ2) is 7.84. The highest BCUT2D eigenvalue weighted by molar-refractivity contribution is 6.03. The average Bonchev–Trinajstić information content (AvgIpc) is 3.04. The van der Waals surface area contributed by atoms with Crippen LogP contribution in [0.3, 0.4) is 0 Å². The molecule has 0 spiro atoms. The zero-order valence-corrected chi connectivity index (χ0v) is 15.7. The molecule has 1 atom stereocenters. The SMILES string of the molecule is COc1cc(C)c(NC(=O)C2CC(=O)N(c3cc(F)cc(F)c3)C2)cc1OC. The van der Waals surface area contributed by atoms with Crippen LogP contribution in [0.25, 0.3) is 0 Å². The Morgan fingerprint density at radius 2 is 1.68 bits per heavy atom. The van der Waals surface area contributed by atoms with Crippen molar-refractivity contribution in [2.45, 2.75) is 13.3 Å². The second-order valence-corrected chi connectivity index (χ2v) is 6.54. The average molecular weight is 390 g/mol. The predicted molar refractivity (Wildman–Crippen MR) is 99.7 cm³/mol. The van der Waals surface area contributed by atoms with E-state index in [0.29, 0.717) is 17.2 Å². The molecule has 2 amide bonds. The minimum atomic E-state index is -0.781. The van der Waals surface area contributed by atoms with Crippen molar-refractivity contribution in [2.75, 3.05) is 31.0 Å². The van der Waals surface area contributed by atoms with E-state index in [4.69, 9.17) is 9.47 Å². The predicted octanol–water partition coefficient (Wildman–Crippen LogP) is 3.28. The van der Waals surface area contributed by atoms with Gasteiger partial charge in [0.1, 0.15) is 11.6 Å². The number of carbonyl (C=O) groups is 2. The molecule has 1 saturated heterocycles. The summed E-state index contributed by atoms with van der Waals surface area (Å²) in [5, 5.41) is 2.79. The maximum Gasteiger partial charge on any atom is 0.229 e. The van der Waals surface area contributed by atoms with E-state index in [2.05, 4.69) is 5.32 Å². The van der Waals surface area contributed by atoms with Crippen LogP contribution < -0.4 is 19.7 Å². The zero-order valence-electron chi connectivity index (χ0n) is 15.7. The van der Waals surface area contributed by atoms with E-state index in [1.54, 1.807) is 19.1 Å². The van der Waals surface area contributed by atoms with Crippen molar-refractivity contribution in [3.05, 3.63) is 47.5 Å². The number of rotatable bonds is 5. The molecule has 148 valence electrons. The van der Waals surface area contributed by atoms with Gasteiger partial charge in [-0.05, 0) is 30.7 Å². The van der Waals surface area contributed by atoms with Crippen molar-refractivity contribution in [3.63, 3.8) is 0 Å². The van der Waals surface area contributed by atoms with E-state index in [9.17, 15) is 18.4 Å². The molecule has 1 fully saturated rings. The molecule has 28 heavy (non-hydrogen) atoms. The number of hydrogen-bond donors (Lipinski definition) is 1. The van der Waals surface area contributed by atoms with Crippen LogP contribution >= 0.6 is 0 Å². The van der Waals surface area contributed by atoms with Crippen LogP contribution in [0.1, 0.15) is 12.0 Å². The van der Waals surface area contributed by atoms with Crippen LogP contribution in [0.4, 0.5) is 20.2 Å². The number of benzene rings is 2. The second-order valence-electron chi connectivity index (χ2n) is 6.54. The van der Waals surface area contributed by atoms with E-state index in [1.807, 2.05) is 0 Å². The lowest BCUT2D eigenvalue weighted by Gasteiger charge is -2.18. The van der Waals surface area contributed by atoms with Crippen LogP contribution in [0.15, 0.2) is 30.3 Å². The van der Waals surface area contributed by atoms with Crippen molar-refractivity contribution in [3.8, 4) is 11.5 Å². The monoisotopic (exact) mass is 390 g/mol. The summed E-state index contributed by atoms with van der Waals surface area (Å²) in [7, 11) is 3.01. The van der Waals surface area contributed by atoms with Crippen LogP contribution in [0.5, 0.6) is 11.5 Å². The molecule has 2 aromatic rings. The molecule has 8 heteroatoms. The van der Waals surface area contributed by atoms with Crippen LogP contribution in [-0.4, -0.2) is 32.6 Å². The summed E-state index contributed by atoms with van der Waals surface area (Å²) in [5.74, 6) is -1.94. The summed E-state index contributed by atoms with van der Waals surface area (Å²) in [6.07, 6.45) is -0.0453. The topological polar surface area (TPSA) is 67.9 Å². The Bertz CT molecular complexity index is 912. The fourth-order valence-electron chi connectivity index (χ4n) is 3.18. The van der Waals surface area contributed by atoms with Gasteiger partial charge in [0.2, 0.25) is 11.8 Å². The normalized spacial score (nSPS) is 16.2. The van der Waals surface area contributed by atoms with Crippen molar-refractivity contribution in [2.24, 2.45) is 5.92 Å². The van der Waals surface area contributed by atoms with E-state index < -0.39 is 17.6 Å². The smallest absolute Gasteiger partial charge is 0.229 e. The Hall–Kier alpha value is -3.16. The van der Waals surface area contributed by atoms with Gasteiger partial charge in [-0.15, -0.1) is 0 Å². The van der Waals surface area contributed by atoms with E-state index in [-0.39, 0.29) is 30.5 Å². The molecule has 3 rings (SSSR count). The van der Waals surface area contributed by atoms with Gasteiger partial charge in [0, 0.05) is 36.5 Å². The Balaban J connectivity index is 1.76. The first-order valence-corrected chi connectivity index (χ1v) is 8.62. The number of anilines is 2. The third-order valence-corrected chi connectivity index (χ3v) is 4.64. The lowest BCUT2D eigenvalue weighted by Crippen LogP contribution is -2.28. The lowest BCUT2D eigenvalue weighted by atomic mass is 10.1. The molecule has 6 nitrogen and oxygen atoms in total. The number of nitrogens with zero attached hydrogens (tertiary/aromatic N) is 1. The number of amides is 2. The Morgan fingerprint density at radius 3 is 2.29 bits per heavy atom. The molecule has 0 aromatic heterocycles. The molecule has 1 aliphatic rings. The third kappa shape index (κ3) is 3.90. The van der Waals surface area contributed by atoms with Gasteiger partial charge in [0.25, 0.3) is 0 Å². The standard InChI is InChI=1S/C20H20F2N2O4/c1-11-4-17(27-2)18(28-3)9-16(11)23-20(26)12-5-19(25)24(10-12)15-7-13(21)6-14(22)8-15/h4,6-9,12H,5,10H2,1-3H3,(H,23,26). The van der Waals surface area contributed by atoms with Gasteiger partial charge >= 0.3 is 0 Å². The minimum Gasteiger partial charge on any atom is -0.493 e. The maximum atomic E-state index is 13.5. The molecule has 1 N–H and O–H groups in total. The van der Waals surface area contributed by atoms with Crippen molar-refractivity contribution < 1.29 is 27.8 Å². The Morgan fingerprint density at radius 1 is 1.07 bits per heavy atom. The first-order valence-electron chi connectivity index (χ1n) is 8.62. The van der Waals surface area contributed by atoms with Crippen LogP contribution in [0.2, 0.25) is 0 Å². The summed E-state index contributed by atoms with van der Waals surface area (Å²) in [5.41, 5.74) is 1.39. The summed E-state index contributed by atoms with van der Waals surface area (Å²) in [6.45, 7) is 1.85. The molecule has 0 radical (unpaired) electrons. The summed E-state index contributed by atoms with van der Waals surface area (Å²) < 4.78 is 37.4. The number of halogens is 2. The minimum absolute atomic E-state index is 0.0416. The lowest BCUT2D eigenvalue weighted by molar-refractivity contribution is -0.122. The van der Waals surface area contributed by atoms with Gasteiger partial charge in [-0.1, -0.05) is 0 Å². The molecular weight excluding hydrogens is 370 g/mol. The fraction of sp³-hybridized carbons (Fsp3) is 0.300. The molecule has 1 aliphatic heterocycles. The zero-order chi connectivity index (χ0) is 20.4. The van der Waals surface area contributed by atoms with Gasteiger partial charge in [-0.25, -0.2) is 8.78 Å². The molecular formula is C20H20F2N2O4. The van der Waals surface area contributed by atoms with E-state index in [1.165, 1.54) is 19.1 Å². The van der Waals surface area contributed by atoms with Crippen LogP contribution in [0, 0.1) is 24.5 Å². The highest BCUT2D eigenvalue weighted by Crippen LogP contribution is 2.34. The van der Waals surface area contributed by atoms with Gasteiger partial charge in [0.15, 0.2) is 11.5 Å². The van der Waals surface area contributed by atoms with E-state index >= 15 is 0 Å². The largest absolute Gasteiger partial charge is 0.493 e. The third-order valence-electron chi connectivity index (χ3n) is 4.64. The first-order chi connectivity index (χ1) is 13.3. The van der Waals surface area contributed by atoms with Gasteiger partial charge in [0.05, 0.1) is 20.1 Å². The number of aryl methyl sites for hydroxylation is 1. The van der Waals surface area contributed by atoms with Gasteiger partial charge in [-0.2, -0.15) is 0 Å². The van der Waals surface area contributed by atoms with Gasteiger partial charge < -0.3 is 19.7 Å². The van der Waals surface area contributed by atoms with Crippen molar-refractivity contribution in [1.82, 2.24) is 0 Å². The number of ether oxygens (including phenoxy) is 2. The first kappa shape index (κ1) is 19.6. The van der Waals surface area contributed by atoms with Crippen LogP contribution in [-0.2, 0) is 9.59 Å². The number of methoxy groups -OCH3 is 2. The molecule has 2 aromatic carbocycles. The maximum absolute atomic E-state index is 13.5. The van der Waals surface area contributed by atoms with Crippen molar-refractivity contribution in [1.29, 1.82) is 0 Å². The molecule has 1 heterocycles. The summed E-state index contributed by atoms with van der Waals surface area (Å²) in [6, 6.07) is 6.24. The highest BCUT2D eigenvalue weighted by atomic mass is 19.1. The number of hydrogen-bond acceptors (Lipinski definition) is 4. The molecule has 0 bridgehead atoms. The van der Waals surface area contributed by atoms with Crippen molar-refractivity contribution >= 4 is 23.2 Å². The molecule has 0 saturated carbocycles. The molecule has 1 unspecified atom stereocenters. The fourth-order valence-corrected chi connectivity index (χ4v) is 3.18.